The number of fused-ring (bicyclic) bond motifs is 1. The van der Waals surface area contributed by atoms with E-state index in [9.17, 15) is 4.79 Å². The van der Waals surface area contributed by atoms with Crippen LogP contribution in [0.4, 0.5) is 4.79 Å². The van der Waals surface area contributed by atoms with E-state index >= 15 is 0 Å². The van der Waals surface area contributed by atoms with Crippen molar-refractivity contribution in [3.05, 3.63) is 23.8 Å². The van der Waals surface area contributed by atoms with E-state index in [0.29, 0.717) is 11.0 Å². The number of ether oxygens (including phenoxy) is 1. The molecule has 0 aliphatic carbocycles. The fourth-order valence-electron chi connectivity index (χ4n) is 1.08. The molecule has 0 fully saturated rings. The van der Waals surface area contributed by atoms with Gasteiger partial charge in [0.25, 0.3) is 0 Å². The summed E-state index contributed by atoms with van der Waals surface area (Å²) in [4.78, 5) is 10.7. The van der Waals surface area contributed by atoms with Crippen LogP contribution >= 0.6 is 0 Å². The monoisotopic (exact) mass is 220 g/mol. The summed E-state index contributed by atoms with van der Waals surface area (Å²) in [6.45, 7) is 0. The zero-order chi connectivity index (χ0) is 11.4. The number of hydrogen-bond acceptors (Lipinski definition) is 6. The number of carbonyl (C=O) groups excluding carboxylic acids is 1. The highest BCUT2D eigenvalue weighted by Crippen LogP contribution is 2.09. The average molecular weight is 220 g/mol. The van der Waals surface area contributed by atoms with Gasteiger partial charge >= 0.3 is 6.09 Å². The molecule has 1 aromatic carbocycles. The van der Waals surface area contributed by atoms with Crippen molar-refractivity contribution in [1.29, 1.82) is 0 Å². The Hall–Kier alpha value is -2.44. The molecule has 1 aromatic heterocycles. The maximum absolute atomic E-state index is 10.7. The molecule has 1 heterocycles. The molecule has 7 nitrogen and oxygen atoms in total. The van der Waals surface area contributed by atoms with E-state index in [2.05, 4.69) is 30.2 Å². The minimum atomic E-state index is -0.625. The summed E-state index contributed by atoms with van der Waals surface area (Å²) < 4.78 is 8.89. The Kier molecular flexibility index (Phi) is 2.77. The third kappa shape index (κ3) is 2.14. The van der Waals surface area contributed by atoms with Crippen molar-refractivity contribution in [3.8, 4) is 0 Å². The smallest absolute Gasteiger partial charge is 0.427 e. The molecule has 0 bridgehead atoms. The fourth-order valence-corrected chi connectivity index (χ4v) is 1.08. The van der Waals surface area contributed by atoms with E-state index in [4.69, 9.17) is 0 Å². The molecule has 0 saturated heterocycles. The van der Waals surface area contributed by atoms with Gasteiger partial charge in [0.2, 0.25) is 0 Å². The number of aromatic nitrogens is 2. The summed E-state index contributed by atoms with van der Waals surface area (Å²) >= 11 is 0. The molecule has 0 saturated carbocycles. The van der Waals surface area contributed by atoms with E-state index in [0.717, 1.165) is 5.56 Å². The predicted octanol–water partition coefficient (Wildman–Crippen LogP) is 0.913. The maximum atomic E-state index is 10.7. The van der Waals surface area contributed by atoms with Gasteiger partial charge in [-0.2, -0.15) is 5.10 Å². The lowest BCUT2D eigenvalue weighted by Crippen LogP contribution is -2.16. The van der Waals surface area contributed by atoms with Crippen LogP contribution in [0.25, 0.3) is 11.0 Å². The van der Waals surface area contributed by atoms with E-state index in [1.807, 2.05) is 0 Å². The number of nitrogens with one attached hydrogen (secondary N) is 1. The van der Waals surface area contributed by atoms with Gasteiger partial charge in [0.1, 0.15) is 11.0 Å². The predicted molar refractivity (Wildman–Crippen MR) is 54.9 cm³/mol. The quantitative estimate of drug-likeness (QED) is 0.600. The average Bonchev–Trinajstić information content (AvgIpc) is 2.76. The molecule has 16 heavy (non-hydrogen) atoms. The number of amides is 1. The van der Waals surface area contributed by atoms with Crippen molar-refractivity contribution >= 4 is 23.3 Å². The number of hydrogen-bond donors (Lipinski definition) is 1. The summed E-state index contributed by atoms with van der Waals surface area (Å²) in [5.74, 6) is 0. The first-order chi connectivity index (χ1) is 7.79. The second-order valence-corrected chi connectivity index (χ2v) is 2.87. The maximum Gasteiger partial charge on any atom is 0.427 e. The number of methoxy groups -OCH3 is 1. The topological polar surface area (TPSA) is 89.6 Å². The minimum absolute atomic E-state index is 0.625. The molecule has 0 radical (unpaired) electrons. The normalized spacial score (nSPS) is 10.8. The van der Waals surface area contributed by atoms with Crippen LogP contribution in [0.2, 0.25) is 0 Å². The number of carbonyl (C=O) groups is 1. The van der Waals surface area contributed by atoms with Gasteiger partial charge < -0.3 is 4.74 Å². The van der Waals surface area contributed by atoms with Gasteiger partial charge in [-0.3, -0.25) is 0 Å². The van der Waals surface area contributed by atoms with Crippen molar-refractivity contribution in [2.75, 3.05) is 7.11 Å². The van der Waals surface area contributed by atoms with Crippen molar-refractivity contribution in [2.45, 2.75) is 0 Å². The molecule has 0 unspecified atom stereocenters. The molecule has 0 spiro atoms. The summed E-state index contributed by atoms with van der Waals surface area (Å²) in [5.41, 5.74) is 4.23. The van der Waals surface area contributed by atoms with Crippen LogP contribution in [-0.2, 0) is 4.74 Å². The highest BCUT2D eigenvalue weighted by atomic mass is 16.6. The van der Waals surface area contributed by atoms with Crippen LogP contribution in [0, 0.1) is 0 Å². The van der Waals surface area contributed by atoms with Crippen LogP contribution in [0.1, 0.15) is 5.56 Å². The number of nitrogens with zero attached hydrogens (tertiary/aromatic N) is 3. The Morgan fingerprint density at radius 2 is 2.31 bits per heavy atom. The van der Waals surface area contributed by atoms with Crippen molar-refractivity contribution < 1.29 is 14.2 Å². The number of hydrazone groups is 1. The first-order valence-electron chi connectivity index (χ1n) is 4.39. The summed E-state index contributed by atoms with van der Waals surface area (Å²) in [6, 6.07) is 5.24. The van der Waals surface area contributed by atoms with Crippen LogP contribution in [-0.4, -0.2) is 29.7 Å². The molecule has 1 amide bonds. The Balaban J connectivity index is 2.11. The van der Waals surface area contributed by atoms with E-state index < -0.39 is 6.09 Å². The zero-order valence-corrected chi connectivity index (χ0v) is 8.38. The van der Waals surface area contributed by atoms with Crippen LogP contribution < -0.4 is 5.43 Å². The lowest BCUT2D eigenvalue weighted by atomic mass is 10.2. The first-order valence-corrected chi connectivity index (χ1v) is 4.39. The van der Waals surface area contributed by atoms with Crippen molar-refractivity contribution in [2.24, 2.45) is 5.10 Å². The van der Waals surface area contributed by atoms with Gasteiger partial charge in [-0.15, -0.1) is 0 Å². The van der Waals surface area contributed by atoms with Gasteiger partial charge in [-0.05, 0) is 28.0 Å². The van der Waals surface area contributed by atoms with Crippen molar-refractivity contribution in [1.82, 2.24) is 15.7 Å². The molecule has 0 aliphatic rings. The second kappa shape index (κ2) is 4.39. The van der Waals surface area contributed by atoms with Gasteiger partial charge in [-0.25, -0.2) is 14.8 Å². The van der Waals surface area contributed by atoms with Gasteiger partial charge in [-0.1, -0.05) is 6.07 Å². The zero-order valence-electron chi connectivity index (χ0n) is 8.38. The summed E-state index contributed by atoms with van der Waals surface area (Å²) in [5, 5.41) is 11.0. The molecular weight excluding hydrogens is 212 g/mol. The fraction of sp³-hybridized carbons (Fsp3) is 0.111. The van der Waals surface area contributed by atoms with E-state index in [1.165, 1.54) is 13.3 Å². The highest BCUT2D eigenvalue weighted by Gasteiger charge is 1.99. The second-order valence-electron chi connectivity index (χ2n) is 2.87. The third-order valence-corrected chi connectivity index (χ3v) is 1.83. The molecule has 7 heteroatoms. The number of rotatable bonds is 2. The summed E-state index contributed by atoms with van der Waals surface area (Å²) in [7, 11) is 1.26. The highest BCUT2D eigenvalue weighted by molar-refractivity contribution is 5.86. The van der Waals surface area contributed by atoms with E-state index in [-0.39, 0.29) is 0 Å². The molecule has 1 N–H and O–H groups in total. The molecule has 82 valence electrons. The first kappa shape index (κ1) is 10.1. The molecular formula is C9H8N4O3. The molecule has 2 rings (SSSR count). The van der Waals surface area contributed by atoms with Crippen LogP contribution in [0.3, 0.4) is 0 Å². The molecule has 2 aromatic rings. The standard InChI is InChI=1S/C9H8N4O3/c1-15-9(14)11-10-5-6-2-3-7-8(4-6)13-16-12-7/h2-5H,1H3,(H,11,14)/b10-5+. The lowest BCUT2D eigenvalue weighted by Gasteiger charge is -1.95. The molecule has 0 aliphatic heterocycles. The largest absolute Gasteiger partial charge is 0.452 e. The number of benzene rings is 1. The lowest BCUT2D eigenvalue weighted by molar-refractivity contribution is 0.171. The van der Waals surface area contributed by atoms with Gasteiger partial charge in [0, 0.05) is 0 Å². The third-order valence-electron chi connectivity index (χ3n) is 1.83. The molecule has 0 atom stereocenters. The van der Waals surface area contributed by atoms with Crippen molar-refractivity contribution in [3.63, 3.8) is 0 Å². The Morgan fingerprint density at radius 1 is 1.50 bits per heavy atom. The van der Waals surface area contributed by atoms with Gasteiger partial charge in [0.05, 0.1) is 13.3 Å². The minimum Gasteiger partial charge on any atom is -0.452 e. The Labute approximate surface area is 90.0 Å². The summed E-state index contributed by atoms with van der Waals surface area (Å²) in [6.07, 6.45) is 0.839. The van der Waals surface area contributed by atoms with E-state index in [1.54, 1.807) is 18.2 Å². The van der Waals surface area contributed by atoms with Crippen LogP contribution in [0.15, 0.2) is 27.9 Å². The van der Waals surface area contributed by atoms with Crippen LogP contribution in [0.5, 0.6) is 0 Å². The van der Waals surface area contributed by atoms with Gasteiger partial charge in [0.15, 0.2) is 0 Å². The SMILES string of the molecule is COC(=O)N/N=C/c1ccc2nonc2c1. The Bertz CT molecular complexity index is 534. The Morgan fingerprint density at radius 3 is 3.12 bits per heavy atom.